The highest BCUT2D eigenvalue weighted by molar-refractivity contribution is 9.10. The van der Waals surface area contributed by atoms with E-state index in [0.29, 0.717) is 15.2 Å². The summed E-state index contributed by atoms with van der Waals surface area (Å²) in [7, 11) is -3.74. The van der Waals surface area contributed by atoms with Crippen molar-refractivity contribution in [1.82, 2.24) is 5.32 Å². The van der Waals surface area contributed by atoms with Crippen molar-refractivity contribution in [1.29, 1.82) is 0 Å². The van der Waals surface area contributed by atoms with Gasteiger partial charge in [-0.3, -0.25) is 4.79 Å². The smallest absolute Gasteiger partial charge is 0.261 e. The van der Waals surface area contributed by atoms with Gasteiger partial charge in [-0.25, -0.2) is 13.6 Å². The number of ether oxygens (including phenoxy) is 1. The first-order valence-electron chi connectivity index (χ1n) is 7.63. The molecule has 2 aromatic carbocycles. The Balaban J connectivity index is 2.01. The molecule has 0 aliphatic heterocycles. The zero-order valence-corrected chi connectivity index (χ0v) is 17.2. The van der Waals surface area contributed by atoms with Gasteiger partial charge in [-0.05, 0) is 65.7 Å². The summed E-state index contributed by atoms with van der Waals surface area (Å²) in [5, 5.41) is 8.44. The Morgan fingerprint density at radius 1 is 1.19 bits per heavy atom. The molecule has 26 heavy (non-hydrogen) atoms. The summed E-state index contributed by atoms with van der Waals surface area (Å²) in [4.78, 5) is 12.4. The molecule has 0 aliphatic rings. The Labute approximate surface area is 165 Å². The van der Waals surface area contributed by atoms with Gasteiger partial charge in [0.1, 0.15) is 5.75 Å². The SMILES string of the molecule is CC(Oc1ccc(Cl)cc1Br)C(=O)NC(C)c1ccc(S(N)(=O)=O)cc1. The summed E-state index contributed by atoms with van der Waals surface area (Å²) in [5.41, 5.74) is 0.741. The molecule has 2 aromatic rings. The molecule has 3 N–H and O–H groups in total. The third-order valence-electron chi connectivity index (χ3n) is 3.63. The number of benzene rings is 2. The zero-order valence-electron chi connectivity index (χ0n) is 14.1. The molecular formula is C17H18BrClN2O4S. The molecule has 140 valence electrons. The molecule has 0 radical (unpaired) electrons. The average Bonchev–Trinajstić information content (AvgIpc) is 2.56. The van der Waals surface area contributed by atoms with Gasteiger partial charge in [0.25, 0.3) is 5.91 Å². The summed E-state index contributed by atoms with van der Waals surface area (Å²) in [6.45, 7) is 3.42. The molecule has 0 saturated carbocycles. The average molecular weight is 462 g/mol. The number of primary sulfonamides is 1. The molecule has 0 aromatic heterocycles. The molecule has 9 heteroatoms. The van der Waals surface area contributed by atoms with Gasteiger partial charge in [0.2, 0.25) is 10.0 Å². The van der Waals surface area contributed by atoms with E-state index in [1.54, 1.807) is 44.2 Å². The molecule has 1 amide bonds. The van der Waals surface area contributed by atoms with E-state index in [0.717, 1.165) is 5.56 Å². The van der Waals surface area contributed by atoms with Crippen molar-refractivity contribution >= 4 is 43.5 Å². The number of halogens is 2. The van der Waals surface area contributed by atoms with Gasteiger partial charge in [-0.15, -0.1) is 0 Å². The minimum absolute atomic E-state index is 0.0177. The van der Waals surface area contributed by atoms with E-state index in [1.165, 1.54) is 12.1 Å². The fourth-order valence-electron chi connectivity index (χ4n) is 2.18. The molecule has 0 spiro atoms. The van der Waals surface area contributed by atoms with Gasteiger partial charge in [0.05, 0.1) is 15.4 Å². The third-order valence-corrected chi connectivity index (χ3v) is 5.42. The van der Waals surface area contributed by atoms with Crippen LogP contribution in [-0.2, 0) is 14.8 Å². The molecule has 0 bridgehead atoms. The number of sulfonamides is 1. The lowest BCUT2D eigenvalue weighted by Gasteiger charge is -2.19. The van der Waals surface area contributed by atoms with E-state index in [1.807, 2.05) is 0 Å². The number of hydrogen-bond acceptors (Lipinski definition) is 4. The molecule has 0 fully saturated rings. The number of amides is 1. The van der Waals surface area contributed by atoms with Gasteiger partial charge in [-0.1, -0.05) is 23.7 Å². The minimum atomic E-state index is -3.74. The predicted octanol–water partition coefficient (Wildman–Crippen LogP) is 3.39. The van der Waals surface area contributed by atoms with Gasteiger partial charge in [0.15, 0.2) is 6.10 Å². The van der Waals surface area contributed by atoms with Gasteiger partial charge in [0, 0.05) is 5.02 Å². The van der Waals surface area contributed by atoms with E-state index >= 15 is 0 Å². The summed E-state index contributed by atoms with van der Waals surface area (Å²) >= 11 is 9.22. The second kappa shape index (κ2) is 8.39. The van der Waals surface area contributed by atoms with Crippen molar-refractivity contribution in [3.8, 4) is 5.75 Å². The van der Waals surface area contributed by atoms with Crippen molar-refractivity contribution in [2.24, 2.45) is 5.14 Å². The van der Waals surface area contributed by atoms with E-state index < -0.39 is 16.1 Å². The van der Waals surface area contributed by atoms with Crippen LogP contribution in [0.25, 0.3) is 0 Å². The molecule has 2 unspecified atom stereocenters. The highest BCUT2D eigenvalue weighted by Crippen LogP contribution is 2.28. The fraction of sp³-hybridized carbons (Fsp3) is 0.235. The Kier molecular flexibility index (Phi) is 6.68. The number of nitrogens with one attached hydrogen (secondary N) is 1. The highest BCUT2D eigenvalue weighted by Gasteiger charge is 2.19. The van der Waals surface area contributed by atoms with Gasteiger partial charge < -0.3 is 10.1 Å². The third kappa shape index (κ3) is 5.44. The Bertz CT molecular complexity index is 903. The molecular weight excluding hydrogens is 444 g/mol. The molecule has 0 heterocycles. The van der Waals surface area contributed by atoms with Crippen LogP contribution >= 0.6 is 27.5 Å². The summed E-state index contributed by atoms with van der Waals surface area (Å²) in [6.07, 6.45) is -0.737. The van der Waals surface area contributed by atoms with E-state index in [-0.39, 0.29) is 16.8 Å². The van der Waals surface area contributed by atoms with Crippen LogP contribution < -0.4 is 15.2 Å². The topological polar surface area (TPSA) is 98.5 Å². The lowest BCUT2D eigenvalue weighted by atomic mass is 10.1. The van der Waals surface area contributed by atoms with Crippen molar-refractivity contribution in [2.75, 3.05) is 0 Å². The van der Waals surface area contributed by atoms with Crippen molar-refractivity contribution in [3.63, 3.8) is 0 Å². The Morgan fingerprint density at radius 2 is 1.81 bits per heavy atom. The van der Waals surface area contributed by atoms with E-state index in [9.17, 15) is 13.2 Å². The monoisotopic (exact) mass is 460 g/mol. The predicted molar refractivity (Wildman–Crippen MR) is 104 cm³/mol. The van der Waals surface area contributed by atoms with Crippen molar-refractivity contribution in [3.05, 3.63) is 57.5 Å². The van der Waals surface area contributed by atoms with Crippen LogP contribution in [0.5, 0.6) is 5.75 Å². The first-order chi connectivity index (χ1) is 12.1. The standard InChI is InChI=1S/C17H18BrClN2O4S/c1-10(12-3-6-14(7-4-12)26(20,23)24)21-17(22)11(2)25-16-8-5-13(19)9-15(16)18/h3-11H,1-2H3,(H,21,22)(H2,20,23,24). The maximum atomic E-state index is 12.3. The molecule has 2 rings (SSSR count). The Hall–Kier alpha value is -1.61. The molecule has 6 nitrogen and oxygen atoms in total. The van der Waals surface area contributed by atoms with Crippen LogP contribution in [-0.4, -0.2) is 20.4 Å². The largest absolute Gasteiger partial charge is 0.480 e. The minimum Gasteiger partial charge on any atom is -0.480 e. The second-order valence-corrected chi connectivity index (χ2v) is 8.53. The number of hydrogen-bond donors (Lipinski definition) is 2. The van der Waals surface area contributed by atoms with Crippen LogP contribution in [0, 0.1) is 0 Å². The highest BCUT2D eigenvalue weighted by atomic mass is 79.9. The molecule has 0 aliphatic carbocycles. The van der Waals surface area contributed by atoms with Crippen LogP contribution in [0.4, 0.5) is 0 Å². The number of carbonyl (C=O) groups is 1. The Morgan fingerprint density at radius 3 is 2.35 bits per heavy atom. The van der Waals surface area contributed by atoms with Gasteiger partial charge in [-0.2, -0.15) is 0 Å². The molecule has 2 atom stereocenters. The van der Waals surface area contributed by atoms with E-state index in [4.69, 9.17) is 21.5 Å². The van der Waals surface area contributed by atoms with Crippen molar-refractivity contribution < 1.29 is 17.9 Å². The summed E-state index contributed by atoms with van der Waals surface area (Å²) < 4.78 is 28.9. The number of carbonyl (C=O) groups excluding carboxylic acids is 1. The number of nitrogens with two attached hydrogens (primary N) is 1. The lowest BCUT2D eigenvalue weighted by Crippen LogP contribution is -2.37. The number of rotatable bonds is 6. The summed E-state index contributed by atoms with van der Waals surface area (Å²) in [5.74, 6) is 0.192. The van der Waals surface area contributed by atoms with Crippen molar-refractivity contribution in [2.45, 2.75) is 30.9 Å². The maximum Gasteiger partial charge on any atom is 0.261 e. The van der Waals surface area contributed by atoms with Crippen LogP contribution in [0.15, 0.2) is 51.8 Å². The van der Waals surface area contributed by atoms with Crippen LogP contribution in [0.2, 0.25) is 5.02 Å². The molecule has 0 saturated heterocycles. The van der Waals surface area contributed by atoms with Gasteiger partial charge >= 0.3 is 0 Å². The van der Waals surface area contributed by atoms with Crippen LogP contribution in [0.1, 0.15) is 25.5 Å². The second-order valence-electron chi connectivity index (χ2n) is 5.68. The van der Waals surface area contributed by atoms with Crippen LogP contribution in [0.3, 0.4) is 0 Å². The first-order valence-corrected chi connectivity index (χ1v) is 10.3. The first kappa shape index (κ1) is 20.7. The maximum absolute atomic E-state index is 12.3. The zero-order chi connectivity index (χ0) is 19.5. The van der Waals surface area contributed by atoms with E-state index in [2.05, 4.69) is 21.2 Å². The fourth-order valence-corrected chi connectivity index (χ4v) is 3.47. The lowest BCUT2D eigenvalue weighted by molar-refractivity contribution is -0.127. The summed E-state index contributed by atoms with van der Waals surface area (Å²) in [6, 6.07) is 10.7. The quantitative estimate of drug-likeness (QED) is 0.689. The normalized spacial score (nSPS) is 13.7.